The molecule has 4 rings (SSSR count). The van der Waals surface area contributed by atoms with Gasteiger partial charge in [-0.15, -0.1) is 0 Å². The summed E-state index contributed by atoms with van der Waals surface area (Å²) >= 11 is 0. The molecule has 184 valence electrons. The van der Waals surface area contributed by atoms with E-state index in [0.29, 0.717) is 5.70 Å². The first-order chi connectivity index (χ1) is 16.7. The fraction of sp³-hybridized carbons (Fsp3) is 0.261. The second kappa shape index (κ2) is 9.76. The number of aliphatic hydroxyl groups excluding tert-OH is 2. The summed E-state index contributed by atoms with van der Waals surface area (Å²) in [5.41, 5.74) is -0.227. The fourth-order valence-electron chi connectivity index (χ4n) is 3.49. The third-order valence-electron chi connectivity index (χ3n) is 5.09. The van der Waals surface area contributed by atoms with Gasteiger partial charge in [0.1, 0.15) is 12.7 Å². The van der Waals surface area contributed by atoms with Crippen molar-refractivity contribution < 1.29 is 32.9 Å². The lowest BCUT2D eigenvalue weighted by atomic mass is 10.0. The number of carbonyl (C=O) groups excluding carboxylic acids is 1. The largest absolute Gasteiger partial charge is 0.476 e. The Morgan fingerprint density at radius 3 is 2.80 bits per heavy atom. The van der Waals surface area contributed by atoms with E-state index in [1.54, 1.807) is 6.08 Å². The van der Waals surface area contributed by atoms with Crippen LogP contribution in [0.3, 0.4) is 0 Å². The van der Waals surface area contributed by atoms with Crippen LogP contribution in [0.4, 0.5) is 13.2 Å². The van der Waals surface area contributed by atoms with Crippen molar-refractivity contribution in [2.45, 2.75) is 25.2 Å². The molecule has 3 heterocycles. The maximum absolute atomic E-state index is 13.5. The molecule has 0 spiro atoms. The van der Waals surface area contributed by atoms with Gasteiger partial charge in [-0.2, -0.15) is 18.3 Å². The van der Waals surface area contributed by atoms with Crippen molar-refractivity contribution >= 4 is 11.6 Å². The van der Waals surface area contributed by atoms with E-state index < -0.39 is 30.4 Å². The number of alkyl halides is 3. The van der Waals surface area contributed by atoms with Gasteiger partial charge in [0.15, 0.2) is 17.2 Å². The normalized spacial score (nSPS) is 16.8. The van der Waals surface area contributed by atoms with Crippen molar-refractivity contribution in [3.05, 3.63) is 77.6 Å². The maximum atomic E-state index is 13.5. The Morgan fingerprint density at radius 1 is 1.29 bits per heavy atom. The quantitative estimate of drug-likeness (QED) is 0.402. The maximum Gasteiger partial charge on any atom is 0.417 e. The van der Waals surface area contributed by atoms with E-state index in [2.05, 4.69) is 20.7 Å². The van der Waals surface area contributed by atoms with Gasteiger partial charge in [-0.1, -0.05) is 18.2 Å². The molecule has 35 heavy (non-hydrogen) atoms. The second-order valence-corrected chi connectivity index (χ2v) is 7.84. The van der Waals surface area contributed by atoms with E-state index in [9.17, 15) is 23.1 Å². The number of allylic oxidation sites excluding steroid dienone is 1. The number of fused-ring (bicyclic) bond motifs is 1. The van der Waals surface area contributed by atoms with Crippen molar-refractivity contribution in [3.8, 4) is 11.3 Å². The zero-order chi connectivity index (χ0) is 25.2. The molecule has 3 aromatic rings. The summed E-state index contributed by atoms with van der Waals surface area (Å²) in [7, 11) is 0. The Labute approximate surface area is 197 Å². The van der Waals surface area contributed by atoms with Gasteiger partial charge < -0.3 is 25.6 Å². The van der Waals surface area contributed by atoms with Crippen LogP contribution in [0.5, 0.6) is 0 Å². The van der Waals surface area contributed by atoms with Crippen LogP contribution in [0.25, 0.3) is 16.9 Å². The Bertz CT molecular complexity index is 1300. The SMILES string of the molecule is CC1C=C(NC(=O)c2cnc3ccc(-c4ccccc4C(F)(F)F)nn23)C=C(OC[C@@H](O)CO)N1. The standard InChI is InChI=1S/C23H22F3N5O4/c1-13-8-14(9-21(28-13)35-12-15(33)11-32)29-22(34)19-10-27-20-7-6-18(30-31(19)20)16-4-2-3-5-17(16)23(24,25)26/h2-10,13,15,28,32-33H,11-12H2,1H3,(H,29,34)/t13?,15-/m0/s1. The lowest BCUT2D eigenvalue weighted by Crippen LogP contribution is -2.34. The van der Waals surface area contributed by atoms with Crippen LogP contribution in [-0.4, -0.2) is 56.1 Å². The highest BCUT2D eigenvalue weighted by molar-refractivity contribution is 5.94. The minimum atomic E-state index is -4.57. The molecule has 1 aromatic carbocycles. The number of aromatic nitrogens is 3. The number of carbonyl (C=O) groups is 1. The van der Waals surface area contributed by atoms with Crippen molar-refractivity contribution in [3.63, 3.8) is 0 Å². The molecule has 1 aliphatic rings. The van der Waals surface area contributed by atoms with E-state index in [1.165, 1.54) is 47.1 Å². The van der Waals surface area contributed by atoms with Crippen LogP contribution in [0.2, 0.25) is 0 Å². The molecule has 9 nitrogen and oxygen atoms in total. The van der Waals surface area contributed by atoms with E-state index in [0.717, 1.165) is 6.07 Å². The molecule has 2 atom stereocenters. The number of hydrogen-bond acceptors (Lipinski definition) is 7. The summed E-state index contributed by atoms with van der Waals surface area (Å²) in [6, 6.07) is 7.74. The number of benzene rings is 1. The number of hydrogen-bond donors (Lipinski definition) is 4. The van der Waals surface area contributed by atoms with Gasteiger partial charge in [0.2, 0.25) is 0 Å². The molecule has 0 aliphatic carbocycles. The number of dihydropyridines is 1. The smallest absolute Gasteiger partial charge is 0.417 e. The summed E-state index contributed by atoms with van der Waals surface area (Å²) in [5, 5.41) is 28.3. The third-order valence-corrected chi connectivity index (χ3v) is 5.09. The fourth-order valence-corrected chi connectivity index (χ4v) is 3.49. The molecule has 1 amide bonds. The molecule has 0 bridgehead atoms. The lowest BCUT2D eigenvalue weighted by Gasteiger charge is -2.22. The first-order valence-corrected chi connectivity index (χ1v) is 10.6. The van der Waals surface area contributed by atoms with Crippen molar-refractivity contribution in [1.29, 1.82) is 0 Å². The molecule has 0 saturated heterocycles. The molecule has 12 heteroatoms. The van der Waals surface area contributed by atoms with Gasteiger partial charge in [0.05, 0.1) is 24.1 Å². The number of nitrogens with one attached hydrogen (secondary N) is 2. The number of halogens is 3. The van der Waals surface area contributed by atoms with Crippen LogP contribution in [0.1, 0.15) is 23.0 Å². The summed E-state index contributed by atoms with van der Waals surface area (Å²) in [4.78, 5) is 17.1. The first-order valence-electron chi connectivity index (χ1n) is 10.6. The zero-order valence-electron chi connectivity index (χ0n) is 18.5. The van der Waals surface area contributed by atoms with E-state index in [-0.39, 0.29) is 41.1 Å². The highest BCUT2D eigenvalue weighted by Gasteiger charge is 2.33. The van der Waals surface area contributed by atoms with Crippen LogP contribution in [0, 0.1) is 0 Å². The molecular weight excluding hydrogens is 467 g/mol. The van der Waals surface area contributed by atoms with E-state index >= 15 is 0 Å². The average Bonchev–Trinajstić information content (AvgIpc) is 3.25. The summed E-state index contributed by atoms with van der Waals surface area (Å²) in [6.45, 7) is 1.20. The van der Waals surface area contributed by atoms with Gasteiger partial charge in [0.25, 0.3) is 5.91 Å². The van der Waals surface area contributed by atoms with Crippen molar-refractivity contribution in [2.75, 3.05) is 13.2 Å². The predicted molar refractivity (Wildman–Crippen MR) is 119 cm³/mol. The lowest BCUT2D eigenvalue weighted by molar-refractivity contribution is -0.137. The van der Waals surface area contributed by atoms with Crippen molar-refractivity contribution in [1.82, 2.24) is 25.2 Å². The molecular formula is C23H22F3N5O4. The molecule has 1 unspecified atom stereocenters. The number of aliphatic hydroxyl groups is 2. The topological polar surface area (TPSA) is 121 Å². The average molecular weight is 489 g/mol. The van der Waals surface area contributed by atoms with Crippen molar-refractivity contribution in [2.24, 2.45) is 0 Å². The van der Waals surface area contributed by atoms with Gasteiger partial charge >= 0.3 is 6.18 Å². The molecule has 2 aromatic heterocycles. The Kier molecular flexibility index (Phi) is 6.76. The second-order valence-electron chi connectivity index (χ2n) is 7.84. The summed E-state index contributed by atoms with van der Waals surface area (Å²) < 4.78 is 47.0. The van der Waals surface area contributed by atoms with E-state index in [4.69, 9.17) is 9.84 Å². The highest BCUT2D eigenvalue weighted by atomic mass is 19.4. The number of imidazole rings is 1. The molecule has 1 aliphatic heterocycles. The zero-order valence-corrected chi connectivity index (χ0v) is 18.5. The third kappa shape index (κ3) is 5.44. The summed E-state index contributed by atoms with van der Waals surface area (Å²) in [6.07, 6.45) is -1.13. The van der Waals surface area contributed by atoms with Gasteiger partial charge in [-0.05, 0) is 31.2 Å². The first kappa shape index (κ1) is 24.2. The van der Waals surface area contributed by atoms with Gasteiger partial charge in [-0.25, -0.2) is 9.50 Å². The van der Waals surface area contributed by atoms with Crippen LogP contribution < -0.4 is 10.6 Å². The highest BCUT2D eigenvalue weighted by Crippen LogP contribution is 2.36. The minimum absolute atomic E-state index is 0.0185. The Hall–Kier alpha value is -3.90. The number of amides is 1. The molecule has 0 fully saturated rings. The molecule has 4 N–H and O–H groups in total. The predicted octanol–water partition coefficient (Wildman–Crippen LogP) is 2.23. The number of nitrogens with zero attached hydrogens (tertiary/aromatic N) is 3. The van der Waals surface area contributed by atoms with Gasteiger partial charge in [-0.3, -0.25) is 4.79 Å². The van der Waals surface area contributed by atoms with Crippen LogP contribution >= 0.6 is 0 Å². The Balaban J connectivity index is 1.60. The van der Waals surface area contributed by atoms with Crippen LogP contribution in [-0.2, 0) is 10.9 Å². The van der Waals surface area contributed by atoms with Crippen LogP contribution in [0.15, 0.2) is 66.3 Å². The molecule has 0 saturated carbocycles. The molecule has 0 radical (unpaired) electrons. The minimum Gasteiger partial charge on any atom is -0.476 e. The van der Waals surface area contributed by atoms with E-state index in [1.807, 2.05) is 6.92 Å². The number of ether oxygens (including phenoxy) is 1. The number of rotatable bonds is 7. The Morgan fingerprint density at radius 2 is 2.06 bits per heavy atom. The summed E-state index contributed by atoms with van der Waals surface area (Å²) in [5.74, 6) is -0.303. The monoisotopic (exact) mass is 489 g/mol. The van der Waals surface area contributed by atoms with Gasteiger partial charge in [0, 0.05) is 23.4 Å².